The van der Waals surface area contributed by atoms with Crippen molar-refractivity contribution >= 4 is 6.29 Å². The number of aromatic hydroxyl groups is 1. The highest BCUT2D eigenvalue weighted by atomic mass is 16.5. The first-order chi connectivity index (χ1) is 9.31. The maximum absolute atomic E-state index is 10.7. The number of benzene rings is 2. The zero-order valence-corrected chi connectivity index (χ0v) is 10.6. The van der Waals surface area contributed by atoms with Gasteiger partial charge in [-0.2, -0.15) is 0 Å². The molecule has 3 heteroatoms. The van der Waals surface area contributed by atoms with Crippen LogP contribution in [0.2, 0.25) is 0 Å². The monoisotopic (exact) mass is 256 g/mol. The summed E-state index contributed by atoms with van der Waals surface area (Å²) in [7, 11) is 0. The van der Waals surface area contributed by atoms with Crippen LogP contribution in [-0.2, 0) is 6.42 Å². The maximum atomic E-state index is 10.7. The van der Waals surface area contributed by atoms with Crippen molar-refractivity contribution in [3.05, 3.63) is 59.7 Å². The molecule has 2 aromatic rings. The smallest absolute Gasteiger partial charge is 0.168 e. The molecule has 0 spiro atoms. The highest BCUT2D eigenvalue weighted by molar-refractivity contribution is 5.80. The van der Waals surface area contributed by atoms with E-state index in [2.05, 4.69) is 12.1 Å². The van der Waals surface area contributed by atoms with Gasteiger partial charge in [0.15, 0.2) is 17.8 Å². The van der Waals surface area contributed by atoms with Crippen LogP contribution in [0.4, 0.5) is 0 Å². The van der Waals surface area contributed by atoms with Gasteiger partial charge in [-0.25, -0.2) is 0 Å². The van der Waals surface area contributed by atoms with Crippen LogP contribution in [0.25, 0.3) is 0 Å². The third-order valence-corrected chi connectivity index (χ3v) is 2.87. The van der Waals surface area contributed by atoms with Crippen LogP contribution >= 0.6 is 0 Å². The molecule has 1 N–H and O–H groups in total. The second-order valence-electron chi connectivity index (χ2n) is 4.25. The minimum absolute atomic E-state index is 0.0859. The molecule has 0 radical (unpaired) electrons. The van der Waals surface area contributed by atoms with Crippen molar-refractivity contribution in [1.82, 2.24) is 0 Å². The van der Waals surface area contributed by atoms with Gasteiger partial charge in [-0.1, -0.05) is 36.4 Å². The SMILES string of the molecule is O=Cc1cccc(OCCCc2ccccc2)c1O. The van der Waals surface area contributed by atoms with E-state index in [0.717, 1.165) is 12.8 Å². The van der Waals surface area contributed by atoms with Crippen molar-refractivity contribution in [2.45, 2.75) is 12.8 Å². The van der Waals surface area contributed by atoms with Crippen molar-refractivity contribution in [2.24, 2.45) is 0 Å². The van der Waals surface area contributed by atoms with Crippen LogP contribution in [-0.4, -0.2) is 18.0 Å². The van der Waals surface area contributed by atoms with Crippen molar-refractivity contribution in [3.63, 3.8) is 0 Å². The molecule has 0 amide bonds. The number of rotatable bonds is 6. The molecule has 0 aliphatic heterocycles. The fourth-order valence-electron chi connectivity index (χ4n) is 1.85. The van der Waals surface area contributed by atoms with E-state index in [0.29, 0.717) is 18.6 Å². The molecule has 3 nitrogen and oxygen atoms in total. The Balaban J connectivity index is 1.85. The molecular formula is C16H16O3. The van der Waals surface area contributed by atoms with Gasteiger partial charge in [0.1, 0.15) is 0 Å². The first-order valence-electron chi connectivity index (χ1n) is 6.25. The summed E-state index contributed by atoms with van der Waals surface area (Å²) in [5, 5.41) is 9.75. The minimum Gasteiger partial charge on any atom is -0.504 e. The second-order valence-corrected chi connectivity index (χ2v) is 4.25. The van der Waals surface area contributed by atoms with Gasteiger partial charge in [0.2, 0.25) is 0 Å². The van der Waals surface area contributed by atoms with E-state index in [1.54, 1.807) is 18.2 Å². The fourth-order valence-corrected chi connectivity index (χ4v) is 1.85. The molecule has 0 bridgehead atoms. The maximum Gasteiger partial charge on any atom is 0.168 e. The number of phenolic OH excluding ortho intramolecular Hbond substituents is 1. The Kier molecular flexibility index (Phi) is 4.56. The van der Waals surface area contributed by atoms with E-state index in [9.17, 15) is 9.90 Å². The number of aryl methyl sites for hydroxylation is 1. The average Bonchev–Trinajstić information content (AvgIpc) is 2.46. The highest BCUT2D eigenvalue weighted by Gasteiger charge is 2.06. The zero-order valence-electron chi connectivity index (χ0n) is 10.6. The molecule has 0 atom stereocenters. The standard InChI is InChI=1S/C16H16O3/c17-12-14-9-4-10-15(16(14)18)19-11-5-8-13-6-2-1-3-7-13/h1-4,6-7,9-10,12,18H,5,8,11H2. The molecule has 0 aliphatic rings. The van der Waals surface area contributed by atoms with Gasteiger partial charge >= 0.3 is 0 Å². The summed E-state index contributed by atoms with van der Waals surface area (Å²) in [6, 6.07) is 15.1. The highest BCUT2D eigenvalue weighted by Crippen LogP contribution is 2.28. The van der Waals surface area contributed by atoms with E-state index in [4.69, 9.17) is 4.74 Å². The summed E-state index contributed by atoms with van der Waals surface area (Å²) in [4.78, 5) is 10.7. The lowest BCUT2D eigenvalue weighted by Crippen LogP contribution is -2.00. The second kappa shape index (κ2) is 6.59. The van der Waals surface area contributed by atoms with Gasteiger partial charge in [-0.15, -0.1) is 0 Å². The van der Waals surface area contributed by atoms with E-state index >= 15 is 0 Å². The number of hydrogen-bond acceptors (Lipinski definition) is 3. The molecular weight excluding hydrogens is 240 g/mol. The number of aldehydes is 1. The summed E-state index contributed by atoms with van der Waals surface area (Å²) < 4.78 is 5.49. The Morgan fingerprint density at radius 2 is 1.84 bits per heavy atom. The van der Waals surface area contributed by atoms with Crippen LogP contribution in [0.1, 0.15) is 22.3 Å². The Hall–Kier alpha value is -2.29. The van der Waals surface area contributed by atoms with Crippen LogP contribution in [0.5, 0.6) is 11.5 Å². The fraction of sp³-hybridized carbons (Fsp3) is 0.188. The van der Waals surface area contributed by atoms with Gasteiger partial charge in [-0.05, 0) is 30.5 Å². The van der Waals surface area contributed by atoms with Gasteiger partial charge in [0, 0.05) is 0 Å². The summed E-state index contributed by atoms with van der Waals surface area (Å²) in [5.41, 5.74) is 1.51. The molecule has 0 fully saturated rings. The Morgan fingerprint density at radius 1 is 1.05 bits per heavy atom. The lowest BCUT2D eigenvalue weighted by Gasteiger charge is -2.09. The predicted octanol–water partition coefficient (Wildman–Crippen LogP) is 3.22. The van der Waals surface area contributed by atoms with Crippen molar-refractivity contribution in [2.75, 3.05) is 6.61 Å². The van der Waals surface area contributed by atoms with Gasteiger partial charge in [0.05, 0.1) is 12.2 Å². The number of carbonyl (C=O) groups is 1. The van der Waals surface area contributed by atoms with Crippen molar-refractivity contribution in [3.8, 4) is 11.5 Å². The van der Waals surface area contributed by atoms with Crippen LogP contribution in [0.15, 0.2) is 48.5 Å². The summed E-state index contributed by atoms with van der Waals surface area (Å²) in [6.07, 6.45) is 2.40. The minimum atomic E-state index is -0.0859. The molecule has 0 aromatic heterocycles. The first kappa shape index (κ1) is 13.1. The van der Waals surface area contributed by atoms with Gasteiger partial charge in [0.25, 0.3) is 0 Å². The van der Waals surface area contributed by atoms with Crippen LogP contribution in [0.3, 0.4) is 0 Å². The number of carbonyl (C=O) groups excluding carboxylic acids is 1. The average molecular weight is 256 g/mol. The van der Waals surface area contributed by atoms with E-state index in [-0.39, 0.29) is 11.3 Å². The molecule has 98 valence electrons. The van der Waals surface area contributed by atoms with Crippen molar-refractivity contribution < 1.29 is 14.6 Å². The molecule has 19 heavy (non-hydrogen) atoms. The Bertz CT molecular complexity index is 535. The van der Waals surface area contributed by atoms with E-state index in [1.165, 1.54) is 5.56 Å². The molecule has 2 aromatic carbocycles. The zero-order chi connectivity index (χ0) is 13.5. The number of phenols is 1. The molecule has 0 saturated heterocycles. The van der Waals surface area contributed by atoms with Gasteiger partial charge < -0.3 is 9.84 Å². The quantitative estimate of drug-likeness (QED) is 0.637. The molecule has 0 heterocycles. The molecule has 2 rings (SSSR count). The summed E-state index contributed by atoms with van der Waals surface area (Å²) in [6.45, 7) is 0.505. The van der Waals surface area contributed by atoms with Gasteiger partial charge in [-0.3, -0.25) is 4.79 Å². The lowest BCUT2D eigenvalue weighted by atomic mass is 10.1. The third-order valence-electron chi connectivity index (χ3n) is 2.87. The topological polar surface area (TPSA) is 46.5 Å². The molecule has 0 aliphatic carbocycles. The molecule has 0 saturated carbocycles. The summed E-state index contributed by atoms with van der Waals surface area (Å²) >= 11 is 0. The Morgan fingerprint density at radius 3 is 2.58 bits per heavy atom. The van der Waals surface area contributed by atoms with E-state index in [1.807, 2.05) is 18.2 Å². The van der Waals surface area contributed by atoms with Crippen LogP contribution < -0.4 is 4.74 Å². The number of ether oxygens (including phenoxy) is 1. The van der Waals surface area contributed by atoms with Crippen LogP contribution in [0, 0.1) is 0 Å². The Labute approximate surface area is 112 Å². The summed E-state index contributed by atoms with van der Waals surface area (Å²) in [5.74, 6) is 0.273. The number of hydrogen-bond donors (Lipinski definition) is 1. The molecule has 0 unspecified atom stereocenters. The lowest BCUT2D eigenvalue weighted by molar-refractivity contribution is 0.112. The largest absolute Gasteiger partial charge is 0.504 e. The number of para-hydroxylation sites is 1. The van der Waals surface area contributed by atoms with Crippen molar-refractivity contribution in [1.29, 1.82) is 0 Å². The normalized spacial score (nSPS) is 10.1. The predicted molar refractivity (Wildman–Crippen MR) is 73.8 cm³/mol. The third kappa shape index (κ3) is 3.58. The van der Waals surface area contributed by atoms with E-state index < -0.39 is 0 Å². The first-order valence-corrected chi connectivity index (χ1v) is 6.25.